The van der Waals surface area contributed by atoms with Crippen LogP contribution in [0.3, 0.4) is 0 Å². The van der Waals surface area contributed by atoms with Crippen LogP contribution in [0.25, 0.3) is 11.1 Å². The van der Waals surface area contributed by atoms with Crippen LogP contribution >= 0.6 is 0 Å². The molecule has 0 N–H and O–H groups in total. The highest BCUT2D eigenvalue weighted by molar-refractivity contribution is 5.87. The van der Waals surface area contributed by atoms with Gasteiger partial charge in [0.05, 0.1) is 11.4 Å². The Balaban J connectivity index is 1.20. The van der Waals surface area contributed by atoms with Gasteiger partial charge in [-0.1, -0.05) is 107 Å². The van der Waals surface area contributed by atoms with Gasteiger partial charge in [0.2, 0.25) is 0 Å². The van der Waals surface area contributed by atoms with Crippen molar-refractivity contribution in [3.05, 3.63) is 138 Å². The quantitative estimate of drug-likeness (QED) is 0.191. The van der Waals surface area contributed by atoms with Crippen molar-refractivity contribution in [2.75, 3.05) is 4.90 Å². The number of ether oxygens (including phenoxy) is 1. The van der Waals surface area contributed by atoms with Crippen LogP contribution < -0.4 is 9.64 Å². The molecule has 6 aliphatic rings. The lowest BCUT2D eigenvalue weighted by atomic mass is 9.26. The molecule has 5 aromatic carbocycles. The van der Waals surface area contributed by atoms with E-state index in [1.165, 1.54) is 89.0 Å². The van der Waals surface area contributed by atoms with Gasteiger partial charge in [0.1, 0.15) is 11.5 Å². The summed E-state index contributed by atoms with van der Waals surface area (Å²) in [5.41, 5.74) is 12.9. The second-order valence-electron chi connectivity index (χ2n) is 18.0. The van der Waals surface area contributed by atoms with Crippen LogP contribution in [0.1, 0.15) is 88.5 Å². The van der Waals surface area contributed by atoms with Gasteiger partial charge in [-0.05, 0) is 131 Å². The fourth-order valence-electron chi connectivity index (χ4n) is 13.1. The fraction of sp³-hybridized carbons (Fsp3) is 0.375. The molecule has 4 fully saturated rings. The minimum atomic E-state index is 0.00898. The minimum absolute atomic E-state index is 0.00898. The summed E-state index contributed by atoms with van der Waals surface area (Å²) in [7, 11) is 0. The van der Waals surface area contributed by atoms with E-state index in [1.807, 2.05) is 0 Å². The Morgan fingerprint density at radius 3 is 2.10 bits per heavy atom. The minimum Gasteiger partial charge on any atom is -0.457 e. The van der Waals surface area contributed by atoms with Gasteiger partial charge in [0.25, 0.3) is 0 Å². The number of nitrogens with zero attached hydrogens (tertiary/aromatic N) is 1. The summed E-state index contributed by atoms with van der Waals surface area (Å²) < 4.78 is 7.19. The summed E-state index contributed by atoms with van der Waals surface area (Å²) in [6, 6.07) is 43.4. The summed E-state index contributed by atoms with van der Waals surface area (Å²) in [5, 5.41) is 0. The first-order valence-electron chi connectivity index (χ1n) is 19.2. The third-order valence-electron chi connectivity index (χ3n) is 15.0. The number of fused-ring (bicyclic) bond motifs is 8. The van der Waals surface area contributed by atoms with Gasteiger partial charge in [-0.2, -0.15) is 0 Å². The van der Waals surface area contributed by atoms with Crippen molar-refractivity contribution in [2.45, 2.75) is 82.5 Å². The van der Waals surface area contributed by atoms with E-state index in [9.17, 15) is 0 Å². The Morgan fingerprint density at radius 2 is 1.30 bits per heavy atom. The molecule has 6 atom stereocenters. The Hall–Kier alpha value is -4.30. The maximum absolute atomic E-state index is 7.19. The summed E-state index contributed by atoms with van der Waals surface area (Å²) in [6.07, 6.45) is 8.03. The van der Waals surface area contributed by atoms with Crippen molar-refractivity contribution in [3.8, 4) is 22.6 Å². The van der Waals surface area contributed by atoms with Crippen molar-refractivity contribution in [3.63, 3.8) is 0 Å². The maximum atomic E-state index is 7.19. The zero-order valence-corrected chi connectivity index (χ0v) is 29.9. The third kappa shape index (κ3) is 3.51. The zero-order valence-electron chi connectivity index (χ0n) is 29.9. The average Bonchev–Trinajstić information content (AvgIpc) is 3.66. The first-order valence-corrected chi connectivity index (χ1v) is 19.2. The van der Waals surface area contributed by atoms with Crippen LogP contribution in [-0.2, 0) is 16.2 Å². The molecule has 2 nitrogen and oxygen atoms in total. The molecule has 1 aliphatic heterocycles. The molecular weight excluding hydrogens is 607 g/mol. The molecule has 2 spiro atoms. The van der Waals surface area contributed by atoms with Crippen molar-refractivity contribution >= 4 is 17.1 Å². The first kappa shape index (κ1) is 29.4. The van der Waals surface area contributed by atoms with Crippen LogP contribution in [0, 0.1) is 29.1 Å². The fourth-order valence-corrected chi connectivity index (χ4v) is 13.1. The van der Waals surface area contributed by atoms with Crippen LogP contribution in [0.5, 0.6) is 11.5 Å². The molecule has 0 saturated heterocycles. The predicted molar refractivity (Wildman–Crippen MR) is 204 cm³/mol. The third-order valence-corrected chi connectivity index (χ3v) is 15.0. The molecule has 5 aliphatic carbocycles. The summed E-state index contributed by atoms with van der Waals surface area (Å²) in [5.74, 6) is 5.37. The molecule has 6 unspecified atom stereocenters. The Bertz CT molecular complexity index is 2200. The van der Waals surface area contributed by atoms with Crippen LogP contribution in [0.4, 0.5) is 17.1 Å². The van der Waals surface area contributed by atoms with Crippen LogP contribution in [0.2, 0.25) is 0 Å². The molecule has 0 amide bonds. The number of anilines is 3. The Labute approximate surface area is 297 Å². The highest BCUT2D eigenvalue weighted by atomic mass is 16.5. The number of para-hydroxylation sites is 2. The van der Waals surface area contributed by atoms with Crippen LogP contribution in [-0.4, -0.2) is 0 Å². The summed E-state index contributed by atoms with van der Waals surface area (Å²) >= 11 is 0. The van der Waals surface area contributed by atoms with Crippen molar-refractivity contribution < 1.29 is 4.74 Å². The maximum Gasteiger partial charge on any atom is 0.134 e. The standard InChI is InChI=1S/C48H47NO/c1-45(2)22-23-46(3,4)44-37(45)19-13-20-38(44)49(33-16-9-6-10-17-33)34-27-35(31-14-7-5-8-15-31)43-40(28-34)50-39-21-12-11-18-36(39)48(43)41-25-30-24-32-26-42(48)47(32,41)29-30/h5-21,27-28,30,32,41-42H,22-26,29H2,1-4H3. The van der Waals surface area contributed by atoms with Gasteiger partial charge in [-0.15, -0.1) is 0 Å². The van der Waals surface area contributed by atoms with E-state index >= 15 is 0 Å². The molecule has 11 rings (SSSR count). The average molecular weight is 654 g/mol. The second kappa shape index (κ2) is 9.72. The lowest BCUT2D eigenvalue weighted by molar-refractivity contribution is -0.234. The first-order chi connectivity index (χ1) is 24.2. The number of benzene rings is 5. The van der Waals surface area contributed by atoms with Gasteiger partial charge in [0.15, 0.2) is 0 Å². The molecule has 2 bridgehead atoms. The van der Waals surface area contributed by atoms with Gasteiger partial charge in [-0.25, -0.2) is 0 Å². The number of hydrogen-bond acceptors (Lipinski definition) is 2. The van der Waals surface area contributed by atoms with E-state index in [4.69, 9.17) is 4.74 Å². The van der Waals surface area contributed by atoms with Gasteiger partial charge in [-0.3, -0.25) is 0 Å². The van der Waals surface area contributed by atoms with Gasteiger partial charge >= 0.3 is 0 Å². The van der Waals surface area contributed by atoms with Crippen molar-refractivity contribution in [1.82, 2.24) is 0 Å². The lowest BCUT2D eigenvalue weighted by Gasteiger charge is -2.77. The predicted octanol–water partition coefficient (Wildman–Crippen LogP) is 12.6. The summed E-state index contributed by atoms with van der Waals surface area (Å²) in [4.78, 5) is 2.55. The molecule has 4 saturated carbocycles. The van der Waals surface area contributed by atoms with Gasteiger partial charge in [0, 0.05) is 28.3 Å². The van der Waals surface area contributed by atoms with E-state index in [0.29, 0.717) is 17.3 Å². The molecule has 250 valence electrons. The van der Waals surface area contributed by atoms with E-state index in [0.717, 1.165) is 23.3 Å². The van der Waals surface area contributed by atoms with E-state index < -0.39 is 0 Å². The molecule has 50 heavy (non-hydrogen) atoms. The Kier molecular flexibility index (Phi) is 5.72. The van der Waals surface area contributed by atoms with Gasteiger partial charge < -0.3 is 9.64 Å². The van der Waals surface area contributed by atoms with E-state index in [-0.39, 0.29) is 16.2 Å². The highest BCUT2D eigenvalue weighted by Crippen LogP contribution is 2.89. The lowest BCUT2D eigenvalue weighted by Crippen LogP contribution is -2.74. The molecule has 0 aromatic heterocycles. The van der Waals surface area contributed by atoms with E-state index in [1.54, 1.807) is 0 Å². The number of rotatable bonds is 4. The second-order valence-corrected chi connectivity index (χ2v) is 18.0. The van der Waals surface area contributed by atoms with Crippen molar-refractivity contribution in [2.24, 2.45) is 29.1 Å². The highest BCUT2D eigenvalue weighted by Gasteiger charge is 2.84. The zero-order chi connectivity index (χ0) is 33.6. The SMILES string of the molecule is CC1(C)CCC(C)(C)c2c(N(c3ccccc3)c3cc4c(c(-c5ccccc5)c3)C3(c5ccccc5O4)C4CC5CC6CC3C64C5)cccc21. The largest absolute Gasteiger partial charge is 0.457 e. The molecule has 2 heteroatoms. The monoisotopic (exact) mass is 653 g/mol. The molecule has 0 radical (unpaired) electrons. The molecule has 5 aromatic rings. The molecular formula is C48H47NO. The van der Waals surface area contributed by atoms with Crippen molar-refractivity contribution in [1.29, 1.82) is 0 Å². The topological polar surface area (TPSA) is 12.5 Å². The van der Waals surface area contributed by atoms with Crippen LogP contribution in [0.15, 0.2) is 115 Å². The van der Waals surface area contributed by atoms with E-state index in [2.05, 4.69) is 148 Å². The number of hydrogen-bond donors (Lipinski definition) is 0. The Morgan fingerprint density at radius 1 is 0.600 bits per heavy atom. The summed E-state index contributed by atoms with van der Waals surface area (Å²) in [6.45, 7) is 9.77. The normalized spacial score (nSPS) is 31.0. The smallest absolute Gasteiger partial charge is 0.134 e. The molecule has 1 heterocycles.